The van der Waals surface area contributed by atoms with Crippen molar-refractivity contribution in [3.05, 3.63) is 33.4 Å². The molecule has 13 heavy (non-hydrogen) atoms. The highest BCUT2D eigenvalue weighted by Gasteiger charge is 2.01. The van der Waals surface area contributed by atoms with Crippen molar-refractivity contribution >= 4 is 34.9 Å². The number of benzene rings is 1. The lowest BCUT2D eigenvalue weighted by Gasteiger charge is -1.95. The highest BCUT2D eigenvalue weighted by atomic mass is 127. The van der Waals surface area contributed by atoms with Crippen LogP contribution in [0.2, 0.25) is 0 Å². The molecule has 0 saturated heterocycles. The molecule has 1 aromatic carbocycles. The summed E-state index contributed by atoms with van der Waals surface area (Å²) in [6.45, 7) is 0. The molecule has 0 fully saturated rings. The van der Waals surface area contributed by atoms with Crippen molar-refractivity contribution in [1.29, 1.82) is 0 Å². The molecule has 5 heteroatoms. The van der Waals surface area contributed by atoms with E-state index < -0.39 is 0 Å². The van der Waals surface area contributed by atoms with Crippen LogP contribution in [0.5, 0.6) is 0 Å². The average molecular weight is 292 g/mol. The monoisotopic (exact) mass is 292 g/mol. The van der Waals surface area contributed by atoms with E-state index in [1.54, 1.807) is 12.1 Å². The maximum Gasteiger partial charge on any atom is 0.249 e. The van der Waals surface area contributed by atoms with Crippen molar-refractivity contribution in [3.8, 4) is 0 Å². The van der Waals surface area contributed by atoms with E-state index >= 15 is 0 Å². The summed E-state index contributed by atoms with van der Waals surface area (Å²) in [4.78, 5) is 19.2. The smallest absolute Gasteiger partial charge is 0.249 e. The van der Waals surface area contributed by atoms with Crippen LogP contribution in [0, 0.1) is 3.57 Å². The van der Waals surface area contributed by atoms with Crippen LogP contribution in [0.15, 0.2) is 24.3 Å². The molecule has 0 aliphatic heterocycles. The van der Waals surface area contributed by atoms with Gasteiger partial charge in [-0.25, -0.2) is 0 Å². The lowest BCUT2D eigenvalue weighted by atomic mass is 10.2. The van der Waals surface area contributed by atoms with Gasteiger partial charge in [0.25, 0.3) is 0 Å². The van der Waals surface area contributed by atoms with Crippen molar-refractivity contribution in [2.45, 2.75) is 0 Å². The molecule has 0 heterocycles. The fourth-order valence-electron chi connectivity index (χ4n) is 0.661. The van der Waals surface area contributed by atoms with Gasteiger partial charge in [-0.05, 0) is 34.7 Å². The second kappa shape index (κ2) is 6.41. The average Bonchev–Trinajstić information content (AvgIpc) is 2.06. The Kier molecular flexibility index (Phi) is 5.86. The minimum absolute atomic E-state index is 0.250. The van der Waals surface area contributed by atoms with Crippen molar-refractivity contribution in [2.75, 3.05) is 0 Å². The third-order valence-electron chi connectivity index (χ3n) is 1.14. The number of carbonyl (C=O) groups excluding carboxylic acids is 2. The minimum Gasteiger partial charge on any atom is -0.372 e. The molecule has 4 nitrogen and oxygen atoms in total. The fourth-order valence-corrected chi connectivity index (χ4v) is 1.31. The molecule has 70 valence electrons. The summed E-state index contributed by atoms with van der Waals surface area (Å²) >= 11 is 2.07. The van der Waals surface area contributed by atoms with Crippen LogP contribution < -0.4 is 11.5 Å². The molecule has 0 atom stereocenters. The molecule has 0 aromatic heterocycles. The van der Waals surface area contributed by atoms with E-state index in [-0.39, 0.29) is 12.3 Å². The maximum absolute atomic E-state index is 10.6. The zero-order chi connectivity index (χ0) is 10.3. The van der Waals surface area contributed by atoms with E-state index in [1.807, 2.05) is 12.1 Å². The molecule has 0 bridgehead atoms. The molecule has 1 rings (SSSR count). The van der Waals surface area contributed by atoms with Crippen LogP contribution in [0.4, 0.5) is 0 Å². The number of amides is 2. The predicted molar refractivity (Wildman–Crippen MR) is 57.9 cm³/mol. The Morgan fingerprint density at radius 2 is 1.85 bits per heavy atom. The second-order valence-corrected chi connectivity index (χ2v) is 3.14. The highest BCUT2D eigenvalue weighted by molar-refractivity contribution is 14.1. The predicted octanol–water partition coefficient (Wildman–Crippen LogP) is 0.492. The van der Waals surface area contributed by atoms with Crippen LogP contribution >= 0.6 is 22.6 Å². The zero-order valence-electron chi connectivity index (χ0n) is 6.74. The van der Waals surface area contributed by atoms with Gasteiger partial charge in [-0.15, -0.1) is 0 Å². The van der Waals surface area contributed by atoms with Crippen LogP contribution in [-0.2, 0) is 4.79 Å². The van der Waals surface area contributed by atoms with Gasteiger partial charge in [-0.1, -0.05) is 12.1 Å². The van der Waals surface area contributed by atoms with Crippen molar-refractivity contribution in [3.63, 3.8) is 0 Å². The Balaban J connectivity index is 0.000000424. The van der Waals surface area contributed by atoms with E-state index in [0.29, 0.717) is 5.56 Å². The summed E-state index contributed by atoms with van der Waals surface area (Å²) in [6.07, 6.45) is 0.250. The largest absolute Gasteiger partial charge is 0.372 e. The van der Waals surface area contributed by atoms with Gasteiger partial charge in [0.1, 0.15) is 0 Å². The molecule has 0 radical (unpaired) electrons. The lowest BCUT2D eigenvalue weighted by Crippen LogP contribution is -2.12. The lowest BCUT2D eigenvalue weighted by molar-refractivity contribution is -0.106. The fraction of sp³-hybridized carbons (Fsp3) is 0. The Labute approximate surface area is 89.4 Å². The van der Waals surface area contributed by atoms with Crippen LogP contribution in [0.1, 0.15) is 10.4 Å². The topological polar surface area (TPSA) is 86.2 Å². The summed E-state index contributed by atoms with van der Waals surface area (Å²) in [5.41, 5.74) is 9.82. The molecule has 0 aliphatic carbocycles. The first-order valence-electron chi connectivity index (χ1n) is 3.33. The van der Waals surface area contributed by atoms with Gasteiger partial charge < -0.3 is 11.5 Å². The van der Waals surface area contributed by atoms with Gasteiger partial charge in [0.15, 0.2) is 0 Å². The third kappa shape index (κ3) is 4.46. The number of halogens is 1. The molecule has 0 unspecified atom stereocenters. The van der Waals surface area contributed by atoms with Crippen molar-refractivity contribution in [2.24, 2.45) is 11.5 Å². The van der Waals surface area contributed by atoms with Crippen molar-refractivity contribution in [1.82, 2.24) is 0 Å². The Morgan fingerprint density at radius 3 is 2.15 bits per heavy atom. The van der Waals surface area contributed by atoms with Crippen LogP contribution in [-0.4, -0.2) is 12.3 Å². The number of carbonyl (C=O) groups is 2. The summed E-state index contributed by atoms with van der Waals surface area (Å²) < 4.78 is 0.896. The summed E-state index contributed by atoms with van der Waals surface area (Å²) in [6, 6.07) is 7.22. The first-order valence-corrected chi connectivity index (χ1v) is 4.41. The SMILES string of the molecule is NC(=O)c1ccccc1I.NC=O. The molecule has 1 aromatic rings. The van der Waals surface area contributed by atoms with Gasteiger partial charge in [0.05, 0.1) is 5.56 Å². The molecular weight excluding hydrogens is 283 g/mol. The molecule has 4 N–H and O–H groups in total. The number of rotatable bonds is 1. The zero-order valence-corrected chi connectivity index (χ0v) is 8.89. The highest BCUT2D eigenvalue weighted by Crippen LogP contribution is 2.09. The van der Waals surface area contributed by atoms with Gasteiger partial charge >= 0.3 is 0 Å². The van der Waals surface area contributed by atoms with Gasteiger partial charge in [-0.3, -0.25) is 9.59 Å². The van der Waals surface area contributed by atoms with Crippen LogP contribution in [0.25, 0.3) is 0 Å². The van der Waals surface area contributed by atoms with Gasteiger partial charge in [0.2, 0.25) is 12.3 Å². The first kappa shape index (κ1) is 11.9. The molecular formula is C8H9IN2O2. The first-order chi connectivity index (χ1) is 6.13. The van der Waals surface area contributed by atoms with E-state index in [2.05, 4.69) is 28.3 Å². The Hall–Kier alpha value is -1.11. The normalized spacial score (nSPS) is 8.08. The van der Waals surface area contributed by atoms with Gasteiger partial charge in [0, 0.05) is 3.57 Å². The van der Waals surface area contributed by atoms with E-state index in [1.165, 1.54) is 0 Å². The Bertz CT molecular complexity index is 302. The minimum atomic E-state index is -0.370. The van der Waals surface area contributed by atoms with Crippen LogP contribution in [0.3, 0.4) is 0 Å². The Morgan fingerprint density at radius 1 is 1.38 bits per heavy atom. The summed E-state index contributed by atoms with van der Waals surface area (Å²) in [5.74, 6) is -0.370. The number of primary amides is 2. The number of hydrogen-bond acceptors (Lipinski definition) is 2. The van der Waals surface area contributed by atoms with E-state index in [9.17, 15) is 4.79 Å². The molecule has 0 aliphatic rings. The van der Waals surface area contributed by atoms with Gasteiger partial charge in [-0.2, -0.15) is 0 Å². The molecule has 0 saturated carbocycles. The quantitative estimate of drug-likeness (QED) is 0.583. The summed E-state index contributed by atoms with van der Waals surface area (Å²) in [5, 5.41) is 0. The summed E-state index contributed by atoms with van der Waals surface area (Å²) in [7, 11) is 0. The second-order valence-electron chi connectivity index (χ2n) is 1.98. The van der Waals surface area contributed by atoms with E-state index in [0.717, 1.165) is 3.57 Å². The maximum atomic E-state index is 10.6. The van der Waals surface area contributed by atoms with Crippen molar-refractivity contribution < 1.29 is 9.59 Å². The third-order valence-corrected chi connectivity index (χ3v) is 2.08. The standard InChI is InChI=1S/C7H6INO.CH3NO/c8-6-4-2-1-3-5(6)7(9)10;2-1-3/h1-4H,(H2,9,10);1H,(H2,2,3). The number of hydrogen-bond donors (Lipinski definition) is 2. The number of nitrogens with two attached hydrogens (primary N) is 2. The molecule has 2 amide bonds. The molecule has 0 spiro atoms. The van der Waals surface area contributed by atoms with E-state index in [4.69, 9.17) is 10.5 Å².